The van der Waals surface area contributed by atoms with E-state index in [1.165, 1.54) is 14.2 Å². The van der Waals surface area contributed by atoms with E-state index in [1.54, 1.807) is 31.2 Å². The van der Waals surface area contributed by atoms with Crippen molar-refractivity contribution in [3.63, 3.8) is 0 Å². The molecule has 0 unspecified atom stereocenters. The molecule has 0 bridgehead atoms. The third-order valence-electron chi connectivity index (χ3n) is 2.26. The van der Waals surface area contributed by atoms with Gasteiger partial charge < -0.3 is 18.9 Å². The van der Waals surface area contributed by atoms with E-state index < -0.39 is 6.29 Å². The van der Waals surface area contributed by atoms with E-state index in [0.717, 1.165) is 0 Å². The molecule has 18 heavy (non-hydrogen) atoms. The van der Waals surface area contributed by atoms with Crippen LogP contribution in [0.25, 0.3) is 0 Å². The van der Waals surface area contributed by atoms with Gasteiger partial charge in [0.05, 0.1) is 12.2 Å². The lowest BCUT2D eigenvalue weighted by molar-refractivity contribution is -0.121. The second-order valence-electron chi connectivity index (χ2n) is 3.46. The summed E-state index contributed by atoms with van der Waals surface area (Å²) in [6.07, 6.45) is -0.434. The number of esters is 1. The van der Waals surface area contributed by atoms with Gasteiger partial charge in [0, 0.05) is 14.2 Å². The summed E-state index contributed by atoms with van der Waals surface area (Å²) in [5, 5.41) is 0. The van der Waals surface area contributed by atoms with Gasteiger partial charge in [-0.1, -0.05) is 6.07 Å². The molecule has 0 aliphatic heterocycles. The van der Waals surface area contributed by atoms with Crippen molar-refractivity contribution in [3.8, 4) is 5.75 Å². The molecule has 5 heteroatoms. The summed E-state index contributed by atoms with van der Waals surface area (Å²) in [7, 11) is 3.07. The normalized spacial score (nSPS) is 10.4. The summed E-state index contributed by atoms with van der Waals surface area (Å²) in [6.45, 7) is 2.36. The lowest BCUT2D eigenvalue weighted by Gasteiger charge is -2.14. The van der Waals surface area contributed by atoms with Gasteiger partial charge in [-0.3, -0.25) is 0 Å². The Bertz CT molecular complexity index is 373. The number of benzene rings is 1. The predicted molar refractivity (Wildman–Crippen MR) is 65.7 cm³/mol. The van der Waals surface area contributed by atoms with Gasteiger partial charge in [0.1, 0.15) is 12.4 Å². The van der Waals surface area contributed by atoms with Crippen LogP contribution in [0.15, 0.2) is 24.3 Å². The quantitative estimate of drug-likeness (QED) is 0.549. The van der Waals surface area contributed by atoms with Crippen molar-refractivity contribution >= 4 is 5.97 Å². The average molecular weight is 254 g/mol. The molecule has 0 saturated carbocycles. The van der Waals surface area contributed by atoms with E-state index in [1.807, 2.05) is 0 Å². The molecule has 1 rings (SSSR count). The van der Waals surface area contributed by atoms with Crippen LogP contribution in [0.5, 0.6) is 5.75 Å². The molecule has 0 aliphatic carbocycles. The van der Waals surface area contributed by atoms with Crippen molar-refractivity contribution in [1.29, 1.82) is 0 Å². The monoisotopic (exact) mass is 254 g/mol. The van der Waals surface area contributed by atoms with Crippen molar-refractivity contribution in [3.05, 3.63) is 29.8 Å². The van der Waals surface area contributed by atoms with Gasteiger partial charge in [0.15, 0.2) is 6.29 Å². The second-order valence-corrected chi connectivity index (χ2v) is 3.46. The Labute approximate surface area is 107 Å². The van der Waals surface area contributed by atoms with Crippen LogP contribution < -0.4 is 4.74 Å². The highest BCUT2D eigenvalue weighted by Crippen LogP contribution is 2.14. The van der Waals surface area contributed by atoms with Gasteiger partial charge >= 0.3 is 5.97 Å². The molecule has 0 aromatic heterocycles. The summed E-state index contributed by atoms with van der Waals surface area (Å²) in [5.74, 6) is 0.206. The zero-order valence-electron chi connectivity index (χ0n) is 10.8. The fourth-order valence-corrected chi connectivity index (χ4v) is 1.32. The molecule has 0 fully saturated rings. The number of hydrogen-bond acceptors (Lipinski definition) is 5. The summed E-state index contributed by atoms with van der Waals surface area (Å²) < 4.78 is 20.4. The number of carbonyl (C=O) groups excluding carboxylic acids is 1. The molecule has 0 atom stereocenters. The Kier molecular flexibility index (Phi) is 6.18. The molecule has 0 aliphatic rings. The van der Waals surface area contributed by atoms with Crippen LogP contribution in [-0.2, 0) is 14.2 Å². The summed E-state index contributed by atoms with van der Waals surface area (Å²) >= 11 is 0. The maximum Gasteiger partial charge on any atom is 0.338 e. The second kappa shape index (κ2) is 7.68. The van der Waals surface area contributed by atoms with E-state index in [4.69, 9.17) is 18.9 Å². The van der Waals surface area contributed by atoms with E-state index in [-0.39, 0.29) is 12.6 Å². The maximum atomic E-state index is 11.5. The highest BCUT2D eigenvalue weighted by molar-refractivity contribution is 5.89. The molecule has 0 saturated heterocycles. The van der Waals surface area contributed by atoms with E-state index in [2.05, 4.69) is 0 Å². The Hall–Kier alpha value is -1.59. The van der Waals surface area contributed by atoms with Gasteiger partial charge in [-0.25, -0.2) is 4.79 Å². The fourth-order valence-electron chi connectivity index (χ4n) is 1.32. The average Bonchev–Trinajstić information content (AvgIpc) is 2.40. The first-order chi connectivity index (χ1) is 8.71. The molecule has 0 radical (unpaired) electrons. The van der Waals surface area contributed by atoms with Gasteiger partial charge in [-0.15, -0.1) is 0 Å². The summed E-state index contributed by atoms with van der Waals surface area (Å²) in [4.78, 5) is 11.5. The summed E-state index contributed by atoms with van der Waals surface area (Å²) in [5.41, 5.74) is 0.459. The first-order valence-electron chi connectivity index (χ1n) is 5.66. The third-order valence-corrected chi connectivity index (χ3v) is 2.26. The van der Waals surface area contributed by atoms with E-state index >= 15 is 0 Å². The van der Waals surface area contributed by atoms with Crippen LogP contribution in [0.3, 0.4) is 0 Å². The lowest BCUT2D eigenvalue weighted by Crippen LogP contribution is -2.22. The maximum absolute atomic E-state index is 11.5. The molecule has 0 heterocycles. The van der Waals surface area contributed by atoms with Crippen molar-refractivity contribution in [1.82, 2.24) is 0 Å². The zero-order chi connectivity index (χ0) is 13.4. The van der Waals surface area contributed by atoms with E-state index in [9.17, 15) is 4.79 Å². The van der Waals surface area contributed by atoms with Crippen LogP contribution >= 0.6 is 0 Å². The zero-order valence-corrected chi connectivity index (χ0v) is 10.8. The predicted octanol–water partition coefficient (Wildman–Crippen LogP) is 1.86. The van der Waals surface area contributed by atoms with Gasteiger partial charge in [-0.05, 0) is 25.1 Å². The fraction of sp³-hybridized carbons (Fsp3) is 0.462. The van der Waals surface area contributed by atoms with E-state index in [0.29, 0.717) is 17.9 Å². The van der Waals surface area contributed by atoms with Crippen molar-refractivity contribution < 1.29 is 23.7 Å². The molecule has 1 aromatic rings. The molecule has 100 valence electrons. The molecule has 5 nitrogen and oxygen atoms in total. The highest BCUT2D eigenvalue weighted by Gasteiger charge is 2.09. The van der Waals surface area contributed by atoms with Gasteiger partial charge in [0.25, 0.3) is 0 Å². The number of hydrogen-bond donors (Lipinski definition) is 0. The van der Waals surface area contributed by atoms with Crippen molar-refractivity contribution in [2.24, 2.45) is 0 Å². The topological polar surface area (TPSA) is 54.0 Å². The molecule has 1 aromatic carbocycles. The first kappa shape index (κ1) is 14.5. The first-order valence-corrected chi connectivity index (χ1v) is 5.66. The van der Waals surface area contributed by atoms with Crippen molar-refractivity contribution in [2.75, 3.05) is 27.4 Å². The lowest BCUT2D eigenvalue weighted by atomic mass is 10.2. The molecule has 0 amide bonds. The van der Waals surface area contributed by atoms with Crippen LogP contribution in [0.4, 0.5) is 0 Å². The summed E-state index contributed by atoms with van der Waals surface area (Å²) in [6, 6.07) is 6.79. The largest absolute Gasteiger partial charge is 0.488 e. The minimum Gasteiger partial charge on any atom is -0.488 e. The van der Waals surface area contributed by atoms with Crippen molar-refractivity contribution in [2.45, 2.75) is 13.2 Å². The molecular formula is C13H18O5. The number of methoxy groups -OCH3 is 2. The SMILES string of the molecule is CCOC(=O)c1cccc(OCC(OC)OC)c1. The van der Waals surface area contributed by atoms with Crippen LogP contribution in [0.1, 0.15) is 17.3 Å². The van der Waals surface area contributed by atoms with Gasteiger partial charge in [0.2, 0.25) is 0 Å². The smallest absolute Gasteiger partial charge is 0.338 e. The molecular weight excluding hydrogens is 236 g/mol. The standard InChI is InChI=1S/C13H18O5/c1-4-17-13(14)10-6-5-7-11(8-10)18-9-12(15-2)16-3/h5-8,12H,4,9H2,1-3H3. The molecule has 0 N–H and O–H groups in total. The Morgan fingerprint density at radius 3 is 2.61 bits per heavy atom. The third kappa shape index (κ3) is 4.35. The van der Waals surface area contributed by atoms with Crippen LogP contribution in [0.2, 0.25) is 0 Å². The van der Waals surface area contributed by atoms with Gasteiger partial charge in [-0.2, -0.15) is 0 Å². The number of rotatable bonds is 7. The Balaban J connectivity index is 2.62. The minimum atomic E-state index is -0.434. The Morgan fingerprint density at radius 1 is 1.28 bits per heavy atom. The van der Waals surface area contributed by atoms with Crippen LogP contribution in [0, 0.1) is 0 Å². The number of carbonyl (C=O) groups is 1. The van der Waals surface area contributed by atoms with Crippen LogP contribution in [-0.4, -0.2) is 39.7 Å². The highest BCUT2D eigenvalue weighted by atomic mass is 16.7. The molecule has 0 spiro atoms. The minimum absolute atomic E-state index is 0.249. The Morgan fingerprint density at radius 2 is 2.00 bits per heavy atom. The number of ether oxygens (including phenoxy) is 4.